The number of amides is 1. The number of fused-ring (bicyclic) bond motifs is 1. The van der Waals surface area contributed by atoms with Crippen molar-refractivity contribution in [3.8, 4) is 16.9 Å². The molecule has 0 bridgehead atoms. The lowest BCUT2D eigenvalue weighted by Crippen LogP contribution is -2.45. The number of hydrogen-bond acceptors (Lipinski definition) is 6. The number of carboxylic acid groups (broad SMARTS) is 1. The van der Waals surface area contributed by atoms with E-state index in [9.17, 15) is 4.79 Å². The molecule has 2 aromatic carbocycles. The molecule has 1 amide bonds. The highest BCUT2D eigenvalue weighted by Gasteiger charge is 2.40. The third-order valence-electron chi connectivity index (χ3n) is 9.20. The molecule has 2 heterocycles. The van der Waals surface area contributed by atoms with Crippen LogP contribution < -0.4 is 15.4 Å². The maximum absolute atomic E-state index is 15.1. The summed E-state index contributed by atoms with van der Waals surface area (Å²) in [6, 6.07) is 14.8. The van der Waals surface area contributed by atoms with E-state index in [4.69, 9.17) is 24.4 Å². The highest BCUT2D eigenvalue weighted by atomic mass is 28.4. The lowest BCUT2D eigenvalue weighted by atomic mass is 9.93. The Kier molecular flexibility index (Phi) is 9.50. The van der Waals surface area contributed by atoms with Crippen LogP contribution in [-0.2, 0) is 17.5 Å². The van der Waals surface area contributed by atoms with Gasteiger partial charge in [-0.25, -0.2) is 18.9 Å². The predicted octanol–water partition coefficient (Wildman–Crippen LogP) is 7.81. The third-order valence-corrected chi connectivity index (χ3v) is 13.7. The quantitative estimate of drug-likeness (QED) is 0.153. The number of hydrogen-bond donors (Lipinski definition) is 3. The van der Waals surface area contributed by atoms with Crippen LogP contribution in [0.1, 0.15) is 57.6 Å². The Morgan fingerprint density at radius 2 is 1.80 bits per heavy atom. The number of nitrogens with zero attached hydrogens (tertiary/aromatic N) is 3. The van der Waals surface area contributed by atoms with Crippen molar-refractivity contribution in [3.63, 3.8) is 0 Å². The van der Waals surface area contributed by atoms with Gasteiger partial charge >= 0.3 is 6.09 Å². The van der Waals surface area contributed by atoms with Crippen molar-refractivity contribution >= 4 is 31.3 Å². The lowest BCUT2D eigenvalue weighted by Gasteiger charge is -2.41. The van der Waals surface area contributed by atoms with Gasteiger partial charge in [0, 0.05) is 30.5 Å². The Balaban J connectivity index is 1.45. The molecule has 45 heavy (non-hydrogen) atoms. The van der Waals surface area contributed by atoms with Crippen LogP contribution in [0.4, 0.5) is 15.0 Å². The van der Waals surface area contributed by atoms with Crippen molar-refractivity contribution in [2.45, 2.75) is 89.8 Å². The van der Waals surface area contributed by atoms with Crippen LogP contribution in [0.3, 0.4) is 0 Å². The smallest absolute Gasteiger partial charge is 0.404 e. The second kappa shape index (κ2) is 13.2. The van der Waals surface area contributed by atoms with Crippen molar-refractivity contribution in [1.82, 2.24) is 20.1 Å². The molecule has 11 heteroatoms. The molecule has 0 radical (unpaired) electrons. The van der Waals surface area contributed by atoms with Gasteiger partial charge in [-0.2, -0.15) is 5.10 Å². The van der Waals surface area contributed by atoms with E-state index in [2.05, 4.69) is 44.5 Å². The van der Waals surface area contributed by atoms with Gasteiger partial charge in [-0.3, -0.25) is 0 Å². The monoisotopic (exact) mass is 633 g/mol. The maximum atomic E-state index is 15.1. The molecular weight excluding hydrogens is 589 g/mol. The van der Waals surface area contributed by atoms with Gasteiger partial charge in [0.25, 0.3) is 0 Å². The van der Waals surface area contributed by atoms with Crippen LogP contribution >= 0.6 is 0 Å². The fourth-order valence-electron chi connectivity index (χ4n) is 5.59. The largest absolute Gasteiger partial charge is 0.497 e. The molecule has 1 aliphatic carbocycles. The summed E-state index contributed by atoms with van der Waals surface area (Å²) in [5.74, 6) is 1.02. The second-order valence-corrected chi connectivity index (χ2v) is 18.1. The minimum Gasteiger partial charge on any atom is -0.497 e. The summed E-state index contributed by atoms with van der Waals surface area (Å²) in [5.41, 5.74) is 3.48. The van der Waals surface area contributed by atoms with E-state index in [0.717, 1.165) is 47.9 Å². The molecule has 2 aromatic heterocycles. The molecule has 0 unspecified atom stereocenters. The highest BCUT2D eigenvalue weighted by Crippen LogP contribution is 2.40. The van der Waals surface area contributed by atoms with Gasteiger partial charge in [-0.05, 0) is 84.8 Å². The molecule has 240 valence electrons. The molecule has 4 aromatic rings. The number of pyridine rings is 1. The average molecular weight is 634 g/mol. The van der Waals surface area contributed by atoms with E-state index in [1.165, 1.54) is 6.07 Å². The lowest BCUT2D eigenvalue weighted by molar-refractivity contribution is 0.133. The van der Waals surface area contributed by atoms with Gasteiger partial charge in [-0.1, -0.05) is 45.0 Å². The van der Waals surface area contributed by atoms with Crippen molar-refractivity contribution in [2.24, 2.45) is 0 Å². The van der Waals surface area contributed by atoms with Gasteiger partial charge in [0.2, 0.25) is 0 Å². The van der Waals surface area contributed by atoms with Crippen LogP contribution in [0.25, 0.3) is 22.2 Å². The number of aromatic nitrogens is 3. The summed E-state index contributed by atoms with van der Waals surface area (Å²) in [6.07, 6.45) is 4.67. The van der Waals surface area contributed by atoms with E-state index >= 15 is 4.39 Å². The molecule has 5 rings (SSSR count). The minimum atomic E-state index is -1.85. The molecule has 0 spiro atoms. The number of carbonyl (C=O) groups is 1. The van der Waals surface area contributed by atoms with Gasteiger partial charge in [0.05, 0.1) is 19.0 Å². The minimum absolute atomic E-state index is 0.110. The molecule has 1 fully saturated rings. The highest BCUT2D eigenvalue weighted by molar-refractivity contribution is 6.74. The van der Waals surface area contributed by atoms with Crippen molar-refractivity contribution in [3.05, 3.63) is 71.7 Å². The maximum Gasteiger partial charge on any atom is 0.404 e. The van der Waals surface area contributed by atoms with Crippen LogP contribution in [0, 0.1) is 5.82 Å². The van der Waals surface area contributed by atoms with Crippen LogP contribution in [-0.4, -0.2) is 53.5 Å². The zero-order valence-electron chi connectivity index (χ0n) is 27.0. The van der Waals surface area contributed by atoms with Gasteiger partial charge in [0.15, 0.2) is 19.8 Å². The Hall–Kier alpha value is -3.96. The first-order chi connectivity index (χ1) is 21.3. The fraction of sp³-hybridized carbons (Fsp3) is 0.441. The topological polar surface area (TPSA) is 111 Å². The number of benzene rings is 2. The summed E-state index contributed by atoms with van der Waals surface area (Å²) in [7, 11) is -0.202. The molecule has 0 saturated heterocycles. The first-order valence-electron chi connectivity index (χ1n) is 15.5. The molecule has 3 N–H and O–H groups in total. The molecule has 0 atom stereocenters. The number of nitrogens with one attached hydrogen (secondary N) is 2. The van der Waals surface area contributed by atoms with E-state index in [1.807, 2.05) is 41.1 Å². The van der Waals surface area contributed by atoms with E-state index in [0.29, 0.717) is 23.6 Å². The average Bonchev–Trinajstić information content (AvgIpc) is 3.33. The van der Waals surface area contributed by atoms with Crippen molar-refractivity contribution in [1.29, 1.82) is 0 Å². The van der Waals surface area contributed by atoms with Crippen LogP contribution in [0.2, 0.25) is 18.1 Å². The Morgan fingerprint density at radius 1 is 1.09 bits per heavy atom. The number of methoxy groups -OCH3 is 1. The fourth-order valence-corrected chi connectivity index (χ4v) is 7.02. The molecule has 0 aliphatic heterocycles. The van der Waals surface area contributed by atoms with Gasteiger partial charge in [0.1, 0.15) is 11.6 Å². The number of anilines is 1. The van der Waals surface area contributed by atoms with Crippen molar-refractivity contribution < 1.29 is 23.5 Å². The Morgan fingerprint density at radius 3 is 2.42 bits per heavy atom. The second-order valence-electron chi connectivity index (χ2n) is 13.4. The van der Waals surface area contributed by atoms with Gasteiger partial charge < -0.3 is 24.9 Å². The molecular formula is C34H44FN5O4Si. The summed E-state index contributed by atoms with van der Waals surface area (Å²) in [6.45, 7) is 11.8. The number of ether oxygens (including phenoxy) is 1. The van der Waals surface area contributed by atoms with Gasteiger partial charge in [-0.15, -0.1) is 0 Å². The Bertz CT molecular complexity index is 1640. The SMILES string of the molecule is COc1ccc(Cn2nc(N[C@H]3CC[C@H](O[Si](C)(C)C(C)(C)C)CC3)c3c(-c4ccc(CNC(=O)O)c(F)c4)ccnc32)cc1. The Labute approximate surface area is 265 Å². The zero-order chi connectivity index (χ0) is 32.4. The third kappa shape index (κ3) is 7.47. The number of halogens is 1. The normalized spacial score (nSPS) is 17.3. The molecule has 1 aliphatic rings. The summed E-state index contributed by atoms with van der Waals surface area (Å²) >= 11 is 0. The van der Waals surface area contributed by atoms with E-state index in [-0.39, 0.29) is 29.3 Å². The first-order valence-corrected chi connectivity index (χ1v) is 18.4. The van der Waals surface area contributed by atoms with Crippen LogP contribution in [0.5, 0.6) is 5.75 Å². The predicted molar refractivity (Wildman–Crippen MR) is 178 cm³/mol. The molecule has 9 nitrogen and oxygen atoms in total. The van der Waals surface area contributed by atoms with Crippen molar-refractivity contribution in [2.75, 3.05) is 12.4 Å². The zero-order valence-corrected chi connectivity index (χ0v) is 28.0. The standard InChI is InChI=1S/C34H44FN5O4Si/c1-34(2,3)45(5,6)44-27-15-11-25(12-16-27)38-31-30-28(23-9-10-24(29(35)19-23)20-37-33(41)42)17-18-36-32(30)40(39-31)21-22-7-13-26(43-4)14-8-22/h7-10,13-14,17-19,25,27,37H,11-12,15-16,20-21H2,1-6H3,(H,38,39)(H,41,42)/t25-,27-. The van der Waals surface area contributed by atoms with Crippen LogP contribution in [0.15, 0.2) is 54.7 Å². The first kappa shape index (κ1) is 32.4. The number of rotatable bonds is 10. The molecule has 1 saturated carbocycles. The van der Waals surface area contributed by atoms with E-state index in [1.54, 1.807) is 19.4 Å². The summed E-state index contributed by atoms with van der Waals surface area (Å²) in [4.78, 5) is 15.7. The van der Waals surface area contributed by atoms with E-state index < -0.39 is 20.2 Å². The summed E-state index contributed by atoms with van der Waals surface area (Å²) in [5, 5.41) is 20.9. The summed E-state index contributed by atoms with van der Waals surface area (Å²) < 4.78 is 29.1.